The molecule has 0 saturated carbocycles. The van der Waals surface area contributed by atoms with E-state index >= 15 is 0 Å². The van der Waals surface area contributed by atoms with E-state index in [1.807, 2.05) is 19.1 Å². The molecule has 1 aliphatic heterocycles. The Morgan fingerprint density at radius 1 is 1.25 bits per heavy atom. The molecule has 6 nitrogen and oxygen atoms in total. The van der Waals surface area contributed by atoms with Gasteiger partial charge in [-0.1, -0.05) is 12.6 Å². The molecule has 1 unspecified atom stereocenters. The topological polar surface area (TPSA) is 95.3 Å². The maximum absolute atomic E-state index is 9.41. The van der Waals surface area contributed by atoms with Crippen LogP contribution >= 0.6 is 0 Å². The number of hydrogen-bond acceptors (Lipinski definition) is 6. The fraction of sp³-hybridized carbons (Fsp3) is 0.182. The predicted molar refractivity (Wildman–Crippen MR) is 106 cm³/mol. The van der Waals surface area contributed by atoms with Crippen LogP contribution in [-0.4, -0.2) is 19.3 Å². The molecular weight excluding hydrogens is 352 g/mol. The molecule has 0 amide bonds. The van der Waals surface area contributed by atoms with Crippen molar-refractivity contribution in [1.82, 2.24) is 0 Å². The van der Waals surface area contributed by atoms with Gasteiger partial charge in [0.05, 0.1) is 30.0 Å². The largest absolute Gasteiger partial charge is 0.457 e. The van der Waals surface area contributed by atoms with Crippen LogP contribution in [0.5, 0.6) is 11.5 Å². The molecule has 28 heavy (non-hydrogen) atoms. The number of nitriles is 2. The van der Waals surface area contributed by atoms with E-state index in [0.717, 1.165) is 17.0 Å². The van der Waals surface area contributed by atoms with E-state index < -0.39 is 0 Å². The predicted octanol–water partition coefficient (Wildman–Crippen LogP) is 3.83. The van der Waals surface area contributed by atoms with Crippen LogP contribution in [0.3, 0.4) is 0 Å². The van der Waals surface area contributed by atoms with E-state index in [0.29, 0.717) is 30.2 Å². The molecule has 0 aliphatic carbocycles. The molecule has 0 spiro atoms. The summed E-state index contributed by atoms with van der Waals surface area (Å²) < 4.78 is 11.5. The van der Waals surface area contributed by atoms with Crippen molar-refractivity contribution < 1.29 is 9.47 Å². The van der Waals surface area contributed by atoms with Crippen molar-refractivity contribution in [1.29, 1.82) is 10.5 Å². The maximum atomic E-state index is 9.41. The minimum absolute atomic E-state index is 0.0935. The molecule has 1 atom stereocenters. The highest BCUT2D eigenvalue weighted by Crippen LogP contribution is 2.32. The molecule has 0 radical (unpaired) electrons. The van der Waals surface area contributed by atoms with E-state index in [1.165, 1.54) is 0 Å². The lowest BCUT2D eigenvalue weighted by Crippen LogP contribution is -2.24. The van der Waals surface area contributed by atoms with Crippen LogP contribution in [0.1, 0.15) is 12.5 Å². The SMILES string of the molecule is C=C(C#N)N(C1=C(CN)C(C)OC1)c1ccc(Oc2cccc(C#N)c2)cc1. The van der Waals surface area contributed by atoms with Crippen LogP contribution in [-0.2, 0) is 4.74 Å². The first-order chi connectivity index (χ1) is 13.6. The summed E-state index contributed by atoms with van der Waals surface area (Å²) >= 11 is 0. The first-order valence-corrected chi connectivity index (χ1v) is 8.78. The minimum Gasteiger partial charge on any atom is -0.457 e. The normalized spacial score (nSPS) is 15.6. The second-order valence-electron chi connectivity index (χ2n) is 6.26. The fourth-order valence-electron chi connectivity index (χ4n) is 3.08. The number of ether oxygens (including phenoxy) is 2. The first kappa shape index (κ1) is 19.2. The Bertz CT molecular complexity index is 996. The van der Waals surface area contributed by atoms with Gasteiger partial charge in [-0.25, -0.2) is 0 Å². The molecule has 0 saturated heterocycles. The summed E-state index contributed by atoms with van der Waals surface area (Å²) in [7, 11) is 0. The van der Waals surface area contributed by atoms with E-state index in [4.69, 9.17) is 20.5 Å². The Labute approximate surface area is 164 Å². The number of allylic oxidation sites excluding steroid dienone is 1. The summed E-state index contributed by atoms with van der Waals surface area (Å²) in [6, 6.07) is 18.4. The van der Waals surface area contributed by atoms with Gasteiger partial charge in [-0.2, -0.15) is 10.5 Å². The minimum atomic E-state index is -0.0935. The number of rotatable bonds is 6. The average Bonchev–Trinajstić information content (AvgIpc) is 3.09. The van der Waals surface area contributed by atoms with Crippen molar-refractivity contribution >= 4 is 5.69 Å². The van der Waals surface area contributed by atoms with Crippen LogP contribution in [0.15, 0.2) is 72.1 Å². The highest BCUT2D eigenvalue weighted by molar-refractivity contribution is 5.63. The zero-order valence-electron chi connectivity index (χ0n) is 15.6. The van der Waals surface area contributed by atoms with E-state index in [9.17, 15) is 5.26 Å². The van der Waals surface area contributed by atoms with Gasteiger partial charge in [-0.3, -0.25) is 0 Å². The van der Waals surface area contributed by atoms with Crippen LogP contribution in [0.2, 0.25) is 0 Å². The molecule has 2 aromatic carbocycles. The Morgan fingerprint density at radius 3 is 2.64 bits per heavy atom. The molecule has 0 fully saturated rings. The quantitative estimate of drug-likeness (QED) is 0.775. The van der Waals surface area contributed by atoms with Crippen LogP contribution in [0.4, 0.5) is 5.69 Å². The molecule has 2 N–H and O–H groups in total. The van der Waals surface area contributed by atoms with Crippen LogP contribution < -0.4 is 15.4 Å². The van der Waals surface area contributed by atoms with Crippen LogP contribution in [0.25, 0.3) is 0 Å². The summed E-state index contributed by atoms with van der Waals surface area (Å²) in [5.74, 6) is 1.20. The van der Waals surface area contributed by atoms with E-state index in [1.54, 1.807) is 41.3 Å². The van der Waals surface area contributed by atoms with Crippen molar-refractivity contribution in [2.24, 2.45) is 5.73 Å². The number of hydrogen-bond donors (Lipinski definition) is 1. The molecule has 1 heterocycles. The molecule has 0 bridgehead atoms. The number of anilines is 1. The molecule has 1 aliphatic rings. The van der Waals surface area contributed by atoms with E-state index in [-0.39, 0.29) is 11.8 Å². The van der Waals surface area contributed by atoms with Gasteiger partial charge in [0, 0.05) is 12.2 Å². The Morgan fingerprint density at radius 2 is 2.00 bits per heavy atom. The Hall–Kier alpha value is -3.58. The maximum Gasteiger partial charge on any atom is 0.128 e. The molecular formula is C22H20N4O2. The third kappa shape index (κ3) is 3.89. The first-order valence-electron chi connectivity index (χ1n) is 8.78. The molecule has 0 aromatic heterocycles. The lowest BCUT2D eigenvalue weighted by molar-refractivity contribution is 0.132. The van der Waals surface area contributed by atoms with Gasteiger partial charge in [0.2, 0.25) is 0 Å². The molecule has 3 rings (SSSR count). The van der Waals surface area contributed by atoms with Crippen LogP contribution in [0, 0.1) is 22.7 Å². The molecule has 6 heteroatoms. The number of nitrogens with two attached hydrogens (primary N) is 1. The summed E-state index contributed by atoms with van der Waals surface area (Å²) in [5.41, 5.74) is 9.26. The molecule has 2 aromatic rings. The Balaban J connectivity index is 1.89. The van der Waals surface area contributed by atoms with Crippen molar-refractivity contribution in [2.45, 2.75) is 13.0 Å². The van der Waals surface area contributed by atoms with Gasteiger partial charge in [0.15, 0.2) is 0 Å². The standard InChI is InChI=1S/C22H20N4O2/c1-15(11-23)26(22-14-27-16(2)21(22)13-25)18-6-8-19(9-7-18)28-20-5-3-4-17(10-20)12-24/h3-10,16H,1,13-14,25H2,2H3. The number of nitrogens with zero attached hydrogens (tertiary/aromatic N) is 3. The van der Waals surface area contributed by atoms with Crippen molar-refractivity contribution in [2.75, 3.05) is 18.1 Å². The zero-order chi connectivity index (χ0) is 20.1. The van der Waals surface area contributed by atoms with Crippen molar-refractivity contribution in [3.63, 3.8) is 0 Å². The smallest absolute Gasteiger partial charge is 0.128 e. The second-order valence-corrected chi connectivity index (χ2v) is 6.26. The monoisotopic (exact) mass is 372 g/mol. The van der Waals surface area contributed by atoms with Gasteiger partial charge >= 0.3 is 0 Å². The third-order valence-corrected chi connectivity index (χ3v) is 4.51. The van der Waals surface area contributed by atoms with Crippen molar-refractivity contribution in [3.8, 4) is 23.6 Å². The van der Waals surface area contributed by atoms with E-state index in [2.05, 4.69) is 18.7 Å². The third-order valence-electron chi connectivity index (χ3n) is 4.51. The highest BCUT2D eigenvalue weighted by atomic mass is 16.5. The second kappa shape index (κ2) is 8.41. The number of benzene rings is 2. The summed E-state index contributed by atoms with van der Waals surface area (Å²) in [5, 5.41) is 18.4. The van der Waals surface area contributed by atoms with Gasteiger partial charge in [-0.05, 0) is 55.0 Å². The van der Waals surface area contributed by atoms with Gasteiger partial charge < -0.3 is 20.1 Å². The van der Waals surface area contributed by atoms with Gasteiger partial charge in [0.25, 0.3) is 0 Å². The highest BCUT2D eigenvalue weighted by Gasteiger charge is 2.28. The lowest BCUT2D eigenvalue weighted by Gasteiger charge is -2.25. The van der Waals surface area contributed by atoms with Gasteiger partial charge in [0.1, 0.15) is 23.3 Å². The summed E-state index contributed by atoms with van der Waals surface area (Å²) in [6.07, 6.45) is -0.0935. The summed E-state index contributed by atoms with van der Waals surface area (Å²) in [6.45, 7) is 6.53. The van der Waals surface area contributed by atoms with Crippen molar-refractivity contribution in [3.05, 3.63) is 77.6 Å². The van der Waals surface area contributed by atoms with Gasteiger partial charge in [-0.15, -0.1) is 0 Å². The Kier molecular flexibility index (Phi) is 5.76. The average molecular weight is 372 g/mol. The zero-order valence-corrected chi connectivity index (χ0v) is 15.6. The molecule has 140 valence electrons. The lowest BCUT2D eigenvalue weighted by atomic mass is 10.1. The fourth-order valence-corrected chi connectivity index (χ4v) is 3.08. The summed E-state index contributed by atoms with van der Waals surface area (Å²) in [4.78, 5) is 1.77.